The van der Waals surface area contributed by atoms with Crippen LogP contribution < -0.4 is 0 Å². The third-order valence-electron chi connectivity index (χ3n) is 4.86. The Balaban J connectivity index is 3.03. The minimum absolute atomic E-state index is 0.932. The Kier molecular flexibility index (Phi) is 22.4. The molecule has 0 bridgehead atoms. The minimum atomic E-state index is 0.932. The van der Waals surface area contributed by atoms with Crippen molar-refractivity contribution in [3.63, 3.8) is 0 Å². The predicted molar refractivity (Wildman–Crippen MR) is 110 cm³/mol. The fourth-order valence-electron chi connectivity index (χ4n) is 3.20. The van der Waals surface area contributed by atoms with Crippen molar-refractivity contribution in [1.82, 2.24) is 0 Å². The molecule has 0 spiro atoms. The van der Waals surface area contributed by atoms with E-state index < -0.39 is 0 Å². The fourth-order valence-corrected chi connectivity index (χ4v) is 3.20. The van der Waals surface area contributed by atoms with Crippen molar-refractivity contribution < 1.29 is 4.74 Å². The van der Waals surface area contributed by atoms with Crippen LogP contribution in [0.4, 0.5) is 0 Å². The van der Waals surface area contributed by atoms with Crippen LogP contribution in [0.2, 0.25) is 0 Å². The highest BCUT2D eigenvalue weighted by atomic mass is 16.5. The molecule has 0 saturated carbocycles. The van der Waals surface area contributed by atoms with Crippen LogP contribution in [0.5, 0.6) is 0 Å². The number of allylic oxidation sites excluding steroid dienone is 2. The van der Waals surface area contributed by atoms with Gasteiger partial charge in [-0.15, -0.1) is 0 Å². The quantitative estimate of drug-likeness (QED) is 0.160. The highest BCUT2D eigenvalue weighted by Crippen LogP contribution is 2.12. The second kappa shape index (κ2) is 22.7. The minimum Gasteiger partial charge on any atom is -0.385 e. The second-order valence-corrected chi connectivity index (χ2v) is 7.34. The summed E-state index contributed by atoms with van der Waals surface area (Å²) >= 11 is 0. The van der Waals surface area contributed by atoms with Crippen molar-refractivity contribution >= 4 is 0 Å². The molecule has 1 heteroatoms. The van der Waals surface area contributed by atoms with Crippen molar-refractivity contribution in [2.45, 2.75) is 122 Å². The van der Waals surface area contributed by atoms with Gasteiger partial charge in [-0.1, -0.05) is 103 Å². The molecule has 0 aromatic heterocycles. The van der Waals surface area contributed by atoms with E-state index >= 15 is 0 Å². The summed E-state index contributed by atoms with van der Waals surface area (Å²) in [6.07, 6.45) is 29.9. The van der Waals surface area contributed by atoms with E-state index in [1.807, 2.05) is 0 Å². The zero-order valence-corrected chi connectivity index (χ0v) is 17.0. The summed E-state index contributed by atoms with van der Waals surface area (Å²) in [7, 11) is 1.79. The Bertz CT molecular complexity index is 234. The van der Waals surface area contributed by atoms with Gasteiger partial charge in [0.25, 0.3) is 0 Å². The first-order valence-corrected chi connectivity index (χ1v) is 11.1. The molecular formula is C23H46O. The lowest BCUT2D eigenvalue weighted by Gasteiger charge is -2.01. The molecule has 24 heavy (non-hydrogen) atoms. The molecule has 0 aromatic carbocycles. The first-order valence-electron chi connectivity index (χ1n) is 11.1. The Labute approximate surface area is 153 Å². The zero-order chi connectivity index (χ0) is 17.6. The van der Waals surface area contributed by atoms with E-state index in [9.17, 15) is 0 Å². The van der Waals surface area contributed by atoms with Crippen LogP contribution in [0.25, 0.3) is 0 Å². The SMILES string of the molecule is CCCCCCCCCCCC/C=C\CCCCCCCCOC. The van der Waals surface area contributed by atoms with Gasteiger partial charge < -0.3 is 4.74 Å². The molecule has 0 aromatic rings. The van der Waals surface area contributed by atoms with E-state index in [0.29, 0.717) is 0 Å². The highest BCUT2D eigenvalue weighted by molar-refractivity contribution is 4.81. The Morgan fingerprint density at radius 2 is 0.875 bits per heavy atom. The van der Waals surface area contributed by atoms with Crippen molar-refractivity contribution in [2.75, 3.05) is 13.7 Å². The highest BCUT2D eigenvalue weighted by Gasteiger charge is 1.92. The molecule has 0 atom stereocenters. The molecule has 0 unspecified atom stereocenters. The van der Waals surface area contributed by atoms with E-state index in [1.165, 1.54) is 116 Å². The van der Waals surface area contributed by atoms with Gasteiger partial charge >= 0.3 is 0 Å². The maximum atomic E-state index is 5.07. The Morgan fingerprint density at radius 3 is 1.29 bits per heavy atom. The summed E-state index contributed by atoms with van der Waals surface area (Å²) in [4.78, 5) is 0. The van der Waals surface area contributed by atoms with Crippen LogP contribution in [0.3, 0.4) is 0 Å². The van der Waals surface area contributed by atoms with Gasteiger partial charge in [0.15, 0.2) is 0 Å². The number of rotatable bonds is 20. The summed E-state index contributed by atoms with van der Waals surface area (Å²) < 4.78 is 5.07. The first kappa shape index (κ1) is 23.7. The average Bonchev–Trinajstić information content (AvgIpc) is 2.60. The van der Waals surface area contributed by atoms with E-state index in [2.05, 4.69) is 19.1 Å². The number of unbranched alkanes of at least 4 members (excludes halogenated alkanes) is 16. The zero-order valence-electron chi connectivity index (χ0n) is 17.0. The number of hydrogen-bond donors (Lipinski definition) is 0. The summed E-state index contributed by atoms with van der Waals surface area (Å²) in [6, 6.07) is 0. The molecule has 0 amide bonds. The van der Waals surface area contributed by atoms with Crippen LogP contribution >= 0.6 is 0 Å². The summed E-state index contributed by atoms with van der Waals surface area (Å²) in [5.74, 6) is 0. The molecule has 0 rings (SSSR count). The first-order chi connectivity index (χ1) is 11.9. The molecule has 0 radical (unpaired) electrons. The van der Waals surface area contributed by atoms with Gasteiger partial charge in [-0.3, -0.25) is 0 Å². The average molecular weight is 339 g/mol. The standard InChI is InChI=1S/C23H46O/c1-3-4-5-6-7-8-9-10-11-12-13-14-15-16-17-18-19-20-21-22-23-24-2/h14-15H,3-13,16-23H2,1-2H3/b15-14-. The van der Waals surface area contributed by atoms with Crippen LogP contribution in [0.15, 0.2) is 12.2 Å². The van der Waals surface area contributed by atoms with Crippen LogP contribution in [-0.2, 0) is 4.74 Å². The summed E-state index contributed by atoms with van der Waals surface area (Å²) in [6.45, 7) is 3.22. The third-order valence-corrected chi connectivity index (χ3v) is 4.86. The van der Waals surface area contributed by atoms with E-state index in [-0.39, 0.29) is 0 Å². The van der Waals surface area contributed by atoms with Gasteiger partial charge in [0.1, 0.15) is 0 Å². The molecule has 1 nitrogen and oxygen atoms in total. The van der Waals surface area contributed by atoms with Gasteiger partial charge in [-0.2, -0.15) is 0 Å². The Hall–Kier alpha value is -0.300. The molecule has 0 saturated heterocycles. The monoisotopic (exact) mass is 338 g/mol. The molecule has 0 heterocycles. The topological polar surface area (TPSA) is 9.23 Å². The largest absolute Gasteiger partial charge is 0.385 e. The van der Waals surface area contributed by atoms with E-state index in [1.54, 1.807) is 7.11 Å². The maximum Gasteiger partial charge on any atom is 0.0462 e. The van der Waals surface area contributed by atoms with Crippen molar-refractivity contribution in [3.8, 4) is 0 Å². The molecular weight excluding hydrogens is 292 g/mol. The van der Waals surface area contributed by atoms with E-state index in [4.69, 9.17) is 4.74 Å². The van der Waals surface area contributed by atoms with E-state index in [0.717, 1.165) is 6.61 Å². The van der Waals surface area contributed by atoms with Crippen LogP contribution in [0, 0.1) is 0 Å². The summed E-state index contributed by atoms with van der Waals surface area (Å²) in [5.41, 5.74) is 0. The Morgan fingerprint density at radius 1 is 0.500 bits per heavy atom. The van der Waals surface area contributed by atoms with Gasteiger partial charge in [0.2, 0.25) is 0 Å². The predicted octanol–water partition coefficient (Wildman–Crippen LogP) is 8.23. The molecule has 0 aliphatic rings. The lowest BCUT2D eigenvalue weighted by atomic mass is 10.1. The molecule has 0 aliphatic heterocycles. The third kappa shape index (κ3) is 21.7. The number of methoxy groups -OCH3 is 1. The molecule has 144 valence electrons. The number of ether oxygens (including phenoxy) is 1. The van der Waals surface area contributed by atoms with Crippen molar-refractivity contribution in [2.24, 2.45) is 0 Å². The normalized spacial score (nSPS) is 11.6. The summed E-state index contributed by atoms with van der Waals surface area (Å²) in [5, 5.41) is 0. The molecule has 0 fully saturated rings. The molecule has 0 N–H and O–H groups in total. The van der Waals surface area contributed by atoms with Gasteiger partial charge in [0.05, 0.1) is 0 Å². The number of hydrogen-bond acceptors (Lipinski definition) is 1. The van der Waals surface area contributed by atoms with Gasteiger partial charge in [-0.05, 0) is 32.1 Å². The maximum absolute atomic E-state index is 5.07. The van der Waals surface area contributed by atoms with Crippen LogP contribution in [-0.4, -0.2) is 13.7 Å². The van der Waals surface area contributed by atoms with Crippen molar-refractivity contribution in [3.05, 3.63) is 12.2 Å². The molecule has 0 aliphatic carbocycles. The fraction of sp³-hybridized carbons (Fsp3) is 0.913. The van der Waals surface area contributed by atoms with Crippen molar-refractivity contribution in [1.29, 1.82) is 0 Å². The lowest BCUT2D eigenvalue weighted by molar-refractivity contribution is 0.192. The second-order valence-electron chi connectivity index (χ2n) is 7.34. The van der Waals surface area contributed by atoms with Crippen LogP contribution in [0.1, 0.15) is 122 Å². The van der Waals surface area contributed by atoms with Gasteiger partial charge in [0, 0.05) is 13.7 Å². The lowest BCUT2D eigenvalue weighted by Crippen LogP contribution is -1.88. The smallest absolute Gasteiger partial charge is 0.0462 e. The van der Waals surface area contributed by atoms with Gasteiger partial charge in [-0.25, -0.2) is 0 Å².